The van der Waals surface area contributed by atoms with Crippen molar-refractivity contribution in [1.82, 2.24) is 9.38 Å². The fourth-order valence-corrected chi connectivity index (χ4v) is 3.99. The van der Waals surface area contributed by atoms with Gasteiger partial charge >= 0.3 is 0 Å². The second-order valence-electron chi connectivity index (χ2n) is 4.91. The fourth-order valence-electron chi connectivity index (χ4n) is 2.39. The number of benzene rings is 1. The van der Waals surface area contributed by atoms with E-state index < -0.39 is 0 Å². The third kappa shape index (κ3) is 2.57. The highest BCUT2D eigenvalue weighted by Gasteiger charge is 2.15. The van der Waals surface area contributed by atoms with Crippen LogP contribution in [0, 0.1) is 0 Å². The molecule has 0 fully saturated rings. The lowest BCUT2D eigenvalue weighted by Gasteiger charge is -2.19. The molecule has 0 saturated carbocycles. The van der Waals surface area contributed by atoms with Gasteiger partial charge in [-0.2, -0.15) is 0 Å². The molecule has 0 atom stereocenters. The Morgan fingerprint density at radius 3 is 2.86 bits per heavy atom. The smallest absolute Gasteiger partial charge is 0.172 e. The van der Waals surface area contributed by atoms with Crippen molar-refractivity contribution >= 4 is 33.2 Å². The zero-order valence-corrected chi connectivity index (χ0v) is 14.1. The van der Waals surface area contributed by atoms with Gasteiger partial charge < -0.3 is 9.47 Å². The second-order valence-corrected chi connectivity index (χ2v) is 6.71. The van der Waals surface area contributed by atoms with Crippen molar-refractivity contribution in [2.24, 2.45) is 0 Å². The molecule has 3 heterocycles. The number of hydrogen-bond acceptors (Lipinski definition) is 4. The Balaban J connectivity index is 1.59. The Morgan fingerprint density at radius 2 is 2.00 bits per heavy atom. The highest BCUT2D eigenvalue weighted by Crippen LogP contribution is 2.37. The molecule has 4 nitrogen and oxygen atoms in total. The minimum atomic E-state index is 0.603. The summed E-state index contributed by atoms with van der Waals surface area (Å²) in [5.74, 6) is 2.43. The molecule has 1 aliphatic heterocycles. The van der Waals surface area contributed by atoms with Crippen LogP contribution in [-0.4, -0.2) is 22.6 Å². The van der Waals surface area contributed by atoms with Gasteiger partial charge in [0.15, 0.2) is 16.7 Å². The van der Waals surface area contributed by atoms with Crippen LogP contribution in [0.1, 0.15) is 5.56 Å². The molecule has 0 bridgehead atoms. The number of aromatic nitrogens is 2. The largest absolute Gasteiger partial charge is 0.486 e. The Morgan fingerprint density at radius 1 is 1.18 bits per heavy atom. The molecule has 112 valence electrons. The average molecular weight is 377 g/mol. The molecule has 0 amide bonds. The van der Waals surface area contributed by atoms with Crippen molar-refractivity contribution < 1.29 is 9.47 Å². The Hall–Kier alpha value is -1.66. The number of hydrogen-bond donors (Lipinski definition) is 0. The van der Waals surface area contributed by atoms with E-state index in [4.69, 9.17) is 9.47 Å². The van der Waals surface area contributed by atoms with Crippen molar-refractivity contribution in [3.8, 4) is 11.5 Å². The highest BCUT2D eigenvalue weighted by molar-refractivity contribution is 9.10. The van der Waals surface area contributed by atoms with Crippen LogP contribution < -0.4 is 9.47 Å². The Labute approximate surface area is 140 Å². The van der Waals surface area contributed by atoms with Crippen LogP contribution in [0.2, 0.25) is 0 Å². The third-order valence-electron chi connectivity index (χ3n) is 3.47. The molecule has 3 aromatic rings. The van der Waals surface area contributed by atoms with E-state index >= 15 is 0 Å². The van der Waals surface area contributed by atoms with E-state index in [-0.39, 0.29) is 0 Å². The molecule has 0 N–H and O–H groups in total. The zero-order chi connectivity index (χ0) is 14.9. The fraction of sp³-hybridized carbons (Fsp3) is 0.188. The van der Waals surface area contributed by atoms with E-state index in [2.05, 4.69) is 31.4 Å². The van der Waals surface area contributed by atoms with Gasteiger partial charge in [0, 0.05) is 16.4 Å². The van der Waals surface area contributed by atoms with Gasteiger partial charge in [0.1, 0.15) is 13.2 Å². The molecule has 1 aliphatic rings. The van der Waals surface area contributed by atoms with Crippen LogP contribution in [0.3, 0.4) is 0 Å². The maximum absolute atomic E-state index is 5.65. The summed E-state index contributed by atoms with van der Waals surface area (Å²) in [6.45, 7) is 1.21. The maximum atomic E-state index is 5.65. The van der Waals surface area contributed by atoms with E-state index in [1.54, 1.807) is 11.8 Å². The zero-order valence-electron chi connectivity index (χ0n) is 11.7. The van der Waals surface area contributed by atoms with E-state index in [0.29, 0.717) is 13.2 Å². The predicted octanol–water partition coefficient (Wildman–Crippen LogP) is 4.16. The number of fused-ring (bicyclic) bond motifs is 2. The summed E-state index contributed by atoms with van der Waals surface area (Å²) in [6.07, 6.45) is 3.92. The van der Waals surface area contributed by atoms with Gasteiger partial charge in [0.05, 0.1) is 11.7 Å². The van der Waals surface area contributed by atoms with Crippen LogP contribution in [0.15, 0.2) is 52.4 Å². The summed E-state index contributed by atoms with van der Waals surface area (Å²) in [6, 6.07) is 10.1. The van der Waals surface area contributed by atoms with Crippen molar-refractivity contribution in [2.75, 3.05) is 13.2 Å². The van der Waals surface area contributed by atoms with Crippen LogP contribution in [0.5, 0.6) is 11.5 Å². The second kappa shape index (κ2) is 5.85. The highest BCUT2D eigenvalue weighted by atomic mass is 79.9. The van der Waals surface area contributed by atoms with Crippen LogP contribution >= 0.6 is 27.7 Å². The minimum Gasteiger partial charge on any atom is -0.486 e. The predicted molar refractivity (Wildman–Crippen MR) is 89.9 cm³/mol. The number of imidazole rings is 1. The summed E-state index contributed by atoms with van der Waals surface area (Å²) in [5.41, 5.74) is 2.27. The third-order valence-corrected chi connectivity index (χ3v) is 5.23. The molecule has 0 unspecified atom stereocenters. The molecule has 1 aromatic carbocycles. The molecule has 0 radical (unpaired) electrons. The van der Waals surface area contributed by atoms with Gasteiger partial charge in [-0.05, 0) is 29.8 Å². The lowest BCUT2D eigenvalue weighted by atomic mass is 10.2. The van der Waals surface area contributed by atoms with Gasteiger partial charge in [0.2, 0.25) is 0 Å². The van der Waals surface area contributed by atoms with E-state index in [9.17, 15) is 0 Å². The number of halogens is 1. The average Bonchev–Trinajstić information content (AvgIpc) is 2.96. The summed E-state index contributed by atoms with van der Waals surface area (Å²) in [7, 11) is 0. The normalized spacial score (nSPS) is 13.5. The first kappa shape index (κ1) is 14.0. The van der Waals surface area contributed by atoms with Crippen LogP contribution in [-0.2, 0) is 5.75 Å². The van der Waals surface area contributed by atoms with E-state index in [0.717, 1.165) is 32.4 Å². The molecule has 0 saturated heterocycles. The lowest BCUT2D eigenvalue weighted by molar-refractivity contribution is 0.171. The number of thioether (sulfide) groups is 1. The SMILES string of the molecule is Brc1cc2c(cc1CSc1ncc3ccccn13)OCCO2. The Kier molecular flexibility index (Phi) is 3.72. The standard InChI is InChI=1S/C16H13BrN2O2S/c17-13-8-15-14(20-5-6-21-15)7-11(13)10-22-16-18-9-12-3-1-2-4-19(12)16/h1-4,7-9H,5-6,10H2. The van der Waals surface area contributed by atoms with Crippen molar-refractivity contribution in [3.05, 3.63) is 52.8 Å². The summed E-state index contributed by atoms with van der Waals surface area (Å²) < 4.78 is 14.4. The molecule has 6 heteroatoms. The van der Waals surface area contributed by atoms with Gasteiger partial charge in [-0.15, -0.1) is 0 Å². The molecule has 0 spiro atoms. The lowest BCUT2D eigenvalue weighted by Crippen LogP contribution is -2.15. The van der Waals surface area contributed by atoms with E-state index in [1.807, 2.05) is 36.7 Å². The number of ether oxygens (including phenoxy) is 2. The molecule has 22 heavy (non-hydrogen) atoms. The molecule has 4 rings (SSSR count). The summed E-state index contributed by atoms with van der Waals surface area (Å²) in [5, 5.41) is 0.984. The molecule has 2 aromatic heterocycles. The number of pyridine rings is 1. The topological polar surface area (TPSA) is 35.8 Å². The molecular weight excluding hydrogens is 364 g/mol. The van der Waals surface area contributed by atoms with Gasteiger partial charge in [-0.25, -0.2) is 4.98 Å². The summed E-state index contributed by atoms with van der Waals surface area (Å²) in [4.78, 5) is 4.48. The van der Waals surface area contributed by atoms with Gasteiger partial charge in [-0.1, -0.05) is 33.8 Å². The minimum absolute atomic E-state index is 0.603. The van der Waals surface area contributed by atoms with Crippen LogP contribution in [0.4, 0.5) is 0 Å². The van der Waals surface area contributed by atoms with E-state index in [1.165, 1.54) is 5.56 Å². The van der Waals surface area contributed by atoms with Crippen molar-refractivity contribution in [1.29, 1.82) is 0 Å². The first-order chi connectivity index (χ1) is 10.8. The number of nitrogens with zero attached hydrogens (tertiary/aromatic N) is 2. The van der Waals surface area contributed by atoms with Crippen molar-refractivity contribution in [2.45, 2.75) is 10.9 Å². The first-order valence-electron chi connectivity index (χ1n) is 6.94. The number of rotatable bonds is 3. The maximum Gasteiger partial charge on any atom is 0.172 e. The first-order valence-corrected chi connectivity index (χ1v) is 8.72. The Bertz CT molecular complexity index is 834. The van der Waals surface area contributed by atoms with Crippen molar-refractivity contribution in [3.63, 3.8) is 0 Å². The summed E-state index contributed by atoms with van der Waals surface area (Å²) >= 11 is 5.31. The molecular formula is C16H13BrN2O2S. The quantitative estimate of drug-likeness (QED) is 0.643. The van der Waals surface area contributed by atoms with Gasteiger partial charge in [0.25, 0.3) is 0 Å². The van der Waals surface area contributed by atoms with Crippen LogP contribution in [0.25, 0.3) is 5.52 Å². The van der Waals surface area contributed by atoms with Gasteiger partial charge in [-0.3, -0.25) is 4.40 Å². The molecule has 0 aliphatic carbocycles. The monoisotopic (exact) mass is 376 g/mol.